The van der Waals surface area contributed by atoms with E-state index in [1.165, 1.54) is 11.1 Å². The van der Waals surface area contributed by atoms with E-state index in [9.17, 15) is 4.79 Å². The zero-order chi connectivity index (χ0) is 18.4. The van der Waals surface area contributed by atoms with Crippen molar-refractivity contribution >= 4 is 16.7 Å². The molecule has 0 saturated carbocycles. The minimum atomic E-state index is -0.965. The van der Waals surface area contributed by atoms with Crippen LogP contribution >= 0.6 is 0 Å². The predicted octanol–water partition coefficient (Wildman–Crippen LogP) is 4.28. The summed E-state index contributed by atoms with van der Waals surface area (Å²) < 4.78 is 0. The van der Waals surface area contributed by atoms with Crippen molar-refractivity contribution in [1.82, 2.24) is 0 Å². The molecule has 3 nitrogen and oxygen atoms in total. The summed E-state index contributed by atoms with van der Waals surface area (Å²) >= 11 is 0. The van der Waals surface area contributed by atoms with Crippen LogP contribution in [0.4, 0.5) is 0 Å². The van der Waals surface area contributed by atoms with Crippen molar-refractivity contribution in [1.29, 1.82) is 0 Å². The fourth-order valence-electron chi connectivity index (χ4n) is 2.78. The number of carbonyl (C=O) groups is 1. The molecule has 1 radical (unpaired) electrons. The molecule has 0 aliphatic carbocycles. The van der Waals surface area contributed by atoms with Gasteiger partial charge in [-0.2, -0.15) is 0 Å². The average Bonchev–Trinajstić information content (AvgIpc) is 2.54. The van der Waals surface area contributed by atoms with Crippen molar-refractivity contribution in [2.75, 3.05) is 0 Å². The van der Waals surface area contributed by atoms with Crippen molar-refractivity contribution in [3.05, 3.63) is 89.8 Å². The summed E-state index contributed by atoms with van der Waals surface area (Å²) in [4.78, 5) is 10.6. The molecule has 129 valence electrons. The Morgan fingerprint density at radius 2 is 1.60 bits per heavy atom. The number of carboxylic acids is 1. The molecule has 0 saturated heterocycles. The molecule has 0 spiro atoms. The van der Waals surface area contributed by atoms with E-state index in [1.54, 1.807) is 0 Å². The second-order valence-corrected chi connectivity index (χ2v) is 6.33. The fraction of sp³-hybridized carbons (Fsp3) is 0.182. The fourth-order valence-corrected chi connectivity index (χ4v) is 2.78. The lowest BCUT2D eigenvalue weighted by Gasteiger charge is -2.07. The number of fused-ring (bicyclic) bond motifs is 1. The minimum Gasteiger partial charge on any atom is -0.480 e. The molecule has 0 aromatic heterocycles. The lowest BCUT2D eigenvalue weighted by Crippen LogP contribution is -2.32. The molecular formula is C22H24NO2. The highest BCUT2D eigenvalue weighted by molar-refractivity contribution is 5.83. The molecule has 3 aromatic rings. The summed E-state index contributed by atoms with van der Waals surface area (Å²) in [6.45, 7) is 8.01. The summed E-state index contributed by atoms with van der Waals surface area (Å²) in [6, 6.07) is 19.3. The maximum absolute atomic E-state index is 10.6. The zero-order valence-electron chi connectivity index (χ0n) is 14.7. The number of benzene rings is 3. The third-order valence-corrected chi connectivity index (χ3v) is 3.87. The molecule has 0 heterocycles. The van der Waals surface area contributed by atoms with E-state index in [0.717, 1.165) is 21.9 Å². The summed E-state index contributed by atoms with van der Waals surface area (Å²) in [5, 5.41) is 11.0. The zero-order valence-corrected chi connectivity index (χ0v) is 14.7. The molecular weight excluding hydrogens is 310 g/mol. The normalized spacial score (nSPS) is 11.5. The number of nitrogens with two attached hydrogens (primary N) is 1. The minimum absolute atomic E-state index is 0.361. The number of aliphatic carboxylic acids is 1. The highest BCUT2D eigenvalue weighted by atomic mass is 16.4. The van der Waals surface area contributed by atoms with Crippen molar-refractivity contribution in [3.8, 4) is 0 Å². The Kier molecular flexibility index (Phi) is 6.31. The molecule has 25 heavy (non-hydrogen) atoms. The Bertz CT molecular complexity index is 820. The van der Waals surface area contributed by atoms with Crippen LogP contribution in [-0.4, -0.2) is 17.1 Å². The van der Waals surface area contributed by atoms with E-state index in [1.807, 2.05) is 42.5 Å². The van der Waals surface area contributed by atoms with Gasteiger partial charge in [-0.1, -0.05) is 71.8 Å². The van der Waals surface area contributed by atoms with Gasteiger partial charge in [0, 0.05) is 0 Å². The quantitative estimate of drug-likeness (QED) is 0.751. The van der Waals surface area contributed by atoms with Gasteiger partial charge in [0.25, 0.3) is 0 Å². The van der Waals surface area contributed by atoms with Crippen LogP contribution in [0.3, 0.4) is 0 Å². The predicted molar refractivity (Wildman–Crippen MR) is 104 cm³/mol. The molecule has 0 bridgehead atoms. The van der Waals surface area contributed by atoms with Gasteiger partial charge in [0.2, 0.25) is 0 Å². The number of hydrogen-bond acceptors (Lipinski definition) is 2. The maximum Gasteiger partial charge on any atom is 0.320 e. The molecule has 1 atom stereocenters. The van der Waals surface area contributed by atoms with Gasteiger partial charge in [0.1, 0.15) is 6.04 Å². The van der Waals surface area contributed by atoms with E-state index in [-0.39, 0.29) is 0 Å². The molecule has 0 amide bonds. The van der Waals surface area contributed by atoms with E-state index in [0.29, 0.717) is 6.42 Å². The lowest BCUT2D eigenvalue weighted by atomic mass is 10.0. The van der Waals surface area contributed by atoms with Gasteiger partial charge in [-0.05, 0) is 49.1 Å². The van der Waals surface area contributed by atoms with E-state index in [2.05, 4.69) is 39.0 Å². The molecule has 3 heteroatoms. The van der Waals surface area contributed by atoms with Crippen LogP contribution in [0.2, 0.25) is 0 Å². The first kappa shape index (κ1) is 18.7. The van der Waals surface area contributed by atoms with E-state index < -0.39 is 12.0 Å². The van der Waals surface area contributed by atoms with Crippen LogP contribution in [0.15, 0.2) is 60.7 Å². The van der Waals surface area contributed by atoms with Gasteiger partial charge in [0.05, 0.1) is 0 Å². The summed E-state index contributed by atoms with van der Waals surface area (Å²) in [7, 11) is 0. The summed E-state index contributed by atoms with van der Waals surface area (Å²) in [5.41, 5.74) is 10.1. The lowest BCUT2D eigenvalue weighted by molar-refractivity contribution is -0.138. The van der Waals surface area contributed by atoms with Crippen molar-refractivity contribution in [2.24, 2.45) is 5.73 Å². The second-order valence-electron chi connectivity index (χ2n) is 6.33. The van der Waals surface area contributed by atoms with Crippen LogP contribution in [0, 0.1) is 20.8 Å². The first-order valence-electron chi connectivity index (χ1n) is 8.21. The third-order valence-electron chi connectivity index (χ3n) is 3.87. The number of aryl methyl sites for hydroxylation is 2. The Labute approximate surface area is 149 Å². The Balaban J connectivity index is 0.000000212. The first-order valence-corrected chi connectivity index (χ1v) is 8.21. The molecule has 3 N–H and O–H groups in total. The van der Waals surface area contributed by atoms with E-state index in [4.69, 9.17) is 10.8 Å². The van der Waals surface area contributed by atoms with Gasteiger partial charge in [-0.3, -0.25) is 4.79 Å². The highest BCUT2D eigenvalue weighted by Crippen LogP contribution is 2.16. The molecule has 0 fully saturated rings. The van der Waals surface area contributed by atoms with Gasteiger partial charge in [-0.25, -0.2) is 0 Å². The van der Waals surface area contributed by atoms with Crippen molar-refractivity contribution in [3.63, 3.8) is 0 Å². The smallest absolute Gasteiger partial charge is 0.320 e. The van der Waals surface area contributed by atoms with Crippen LogP contribution in [0.25, 0.3) is 10.8 Å². The van der Waals surface area contributed by atoms with Crippen molar-refractivity contribution in [2.45, 2.75) is 26.3 Å². The monoisotopic (exact) mass is 334 g/mol. The topological polar surface area (TPSA) is 63.3 Å². The van der Waals surface area contributed by atoms with E-state index >= 15 is 0 Å². The van der Waals surface area contributed by atoms with Crippen molar-refractivity contribution < 1.29 is 9.90 Å². The number of rotatable bonds is 3. The SMILES string of the molecule is N[C@@H](Cc1ccc2ccccc2c1)C(=O)O.[CH2]c1cc(C)cc(C)c1. The van der Waals surface area contributed by atoms with Gasteiger partial charge in [-0.15, -0.1) is 0 Å². The Hall–Kier alpha value is -2.65. The molecule has 0 aliphatic rings. The van der Waals surface area contributed by atoms with Gasteiger partial charge in [0.15, 0.2) is 0 Å². The average molecular weight is 334 g/mol. The Morgan fingerprint density at radius 3 is 2.16 bits per heavy atom. The molecule has 3 aromatic carbocycles. The third kappa shape index (κ3) is 5.73. The molecule has 3 rings (SSSR count). The molecule has 0 unspecified atom stereocenters. The standard InChI is InChI=1S/C13H13NO2.C9H11/c14-12(13(15)16)8-9-5-6-10-3-1-2-4-11(10)7-9;1-7-4-8(2)6-9(3)5-7/h1-7,12H,8,14H2,(H,15,16);4-6H,1H2,2-3H3/t12-;/m0./s1. The van der Waals surface area contributed by atoms with Gasteiger partial charge < -0.3 is 10.8 Å². The van der Waals surface area contributed by atoms with Crippen LogP contribution < -0.4 is 5.73 Å². The first-order chi connectivity index (χ1) is 11.8. The number of carboxylic acid groups (broad SMARTS) is 1. The molecule has 0 aliphatic heterocycles. The number of hydrogen-bond donors (Lipinski definition) is 2. The largest absolute Gasteiger partial charge is 0.480 e. The second kappa shape index (κ2) is 8.45. The highest BCUT2D eigenvalue weighted by Gasteiger charge is 2.11. The maximum atomic E-state index is 10.6. The van der Waals surface area contributed by atoms with Crippen LogP contribution in [-0.2, 0) is 11.2 Å². The Morgan fingerprint density at radius 1 is 1.00 bits per heavy atom. The van der Waals surface area contributed by atoms with Crippen LogP contribution in [0.5, 0.6) is 0 Å². The summed E-state index contributed by atoms with van der Waals surface area (Å²) in [5.74, 6) is -0.965. The van der Waals surface area contributed by atoms with Crippen LogP contribution in [0.1, 0.15) is 22.3 Å². The van der Waals surface area contributed by atoms with Gasteiger partial charge >= 0.3 is 5.97 Å². The summed E-state index contributed by atoms with van der Waals surface area (Å²) in [6.07, 6.45) is 0.361.